The second kappa shape index (κ2) is 7.82. The lowest BCUT2D eigenvalue weighted by molar-refractivity contribution is -0.115. The molecule has 0 radical (unpaired) electrons. The van der Waals surface area contributed by atoms with E-state index in [9.17, 15) is 9.59 Å². The number of ether oxygens (including phenoxy) is 1. The molecule has 0 unspecified atom stereocenters. The SMILES string of the molecule is COc1cccc(NC(=O)N2CCC3(CC2)N=C(c2ccc(C)c(C)c2)C(=O)N3)c1. The Morgan fingerprint density at radius 3 is 2.60 bits per heavy atom. The predicted molar refractivity (Wildman–Crippen MR) is 116 cm³/mol. The summed E-state index contributed by atoms with van der Waals surface area (Å²) in [7, 11) is 1.59. The van der Waals surface area contributed by atoms with E-state index in [1.807, 2.05) is 50.2 Å². The number of likely N-dealkylation sites (tertiary alicyclic amines) is 1. The number of piperidine rings is 1. The second-order valence-electron chi connectivity index (χ2n) is 7.89. The first-order valence-electron chi connectivity index (χ1n) is 10.1. The van der Waals surface area contributed by atoms with Crippen LogP contribution < -0.4 is 15.4 Å². The van der Waals surface area contributed by atoms with Crippen molar-refractivity contribution in [1.29, 1.82) is 0 Å². The highest BCUT2D eigenvalue weighted by molar-refractivity contribution is 6.46. The third kappa shape index (κ3) is 3.87. The molecular weight excluding hydrogens is 380 g/mol. The summed E-state index contributed by atoms with van der Waals surface area (Å²) in [5.41, 5.74) is 3.69. The van der Waals surface area contributed by atoms with Gasteiger partial charge in [-0.15, -0.1) is 0 Å². The number of nitrogens with zero attached hydrogens (tertiary/aromatic N) is 2. The number of aryl methyl sites for hydroxylation is 2. The molecule has 2 aromatic rings. The molecule has 2 aromatic carbocycles. The lowest BCUT2D eigenvalue weighted by atomic mass is 9.98. The van der Waals surface area contributed by atoms with Crippen LogP contribution in [0.25, 0.3) is 0 Å². The molecule has 0 saturated carbocycles. The lowest BCUT2D eigenvalue weighted by Crippen LogP contribution is -2.53. The largest absolute Gasteiger partial charge is 0.497 e. The number of hydrogen-bond donors (Lipinski definition) is 2. The molecule has 0 atom stereocenters. The minimum atomic E-state index is -0.627. The fourth-order valence-electron chi connectivity index (χ4n) is 3.87. The maximum atomic E-state index is 12.6. The Labute approximate surface area is 176 Å². The van der Waals surface area contributed by atoms with Crippen LogP contribution in [0.1, 0.15) is 29.5 Å². The van der Waals surface area contributed by atoms with Crippen molar-refractivity contribution in [3.8, 4) is 5.75 Å². The van der Waals surface area contributed by atoms with E-state index in [-0.39, 0.29) is 11.9 Å². The average molecular weight is 406 g/mol. The Morgan fingerprint density at radius 1 is 1.13 bits per heavy atom. The van der Waals surface area contributed by atoms with Crippen molar-refractivity contribution in [2.45, 2.75) is 32.4 Å². The molecule has 3 amide bonds. The van der Waals surface area contributed by atoms with Crippen molar-refractivity contribution in [3.05, 3.63) is 59.2 Å². The van der Waals surface area contributed by atoms with Crippen LogP contribution in [-0.4, -0.2) is 48.4 Å². The molecule has 0 aromatic heterocycles. The number of carbonyl (C=O) groups is 2. The molecule has 156 valence electrons. The zero-order valence-corrected chi connectivity index (χ0v) is 17.5. The summed E-state index contributed by atoms with van der Waals surface area (Å²) in [5.74, 6) is 0.541. The smallest absolute Gasteiger partial charge is 0.321 e. The van der Waals surface area contributed by atoms with Gasteiger partial charge in [0.15, 0.2) is 0 Å². The summed E-state index contributed by atoms with van der Waals surface area (Å²) < 4.78 is 5.20. The van der Waals surface area contributed by atoms with Crippen LogP contribution >= 0.6 is 0 Å². The number of aliphatic imine (C=N–C) groups is 1. The number of amides is 3. The van der Waals surface area contributed by atoms with Gasteiger partial charge in [0.1, 0.15) is 17.1 Å². The van der Waals surface area contributed by atoms with Gasteiger partial charge in [-0.1, -0.05) is 18.2 Å². The summed E-state index contributed by atoms with van der Waals surface area (Å²) in [4.78, 5) is 31.8. The van der Waals surface area contributed by atoms with Crippen LogP contribution in [0, 0.1) is 13.8 Å². The zero-order valence-electron chi connectivity index (χ0n) is 17.5. The standard InChI is InChI=1S/C23H26N4O3/c1-15-7-8-17(13-16(15)2)20-21(28)26-23(25-20)9-11-27(12-10-23)22(29)24-18-5-4-6-19(14-18)30-3/h4-8,13-14H,9-12H2,1-3H3,(H,24,29)(H,26,28). The lowest BCUT2D eigenvalue weighted by Gasteiger charge is -2.37. The zero-order chi connectivity index (χ0) is 21.3. The second-order valence-corrected chi connectivity index (χ2v) is 7.89. The Balaban J connectivity index is 1.43. The summed E-state index contributed by atoms with van der Waals surface area (Å²) >= 11 is 0. The van der Waals surface area contributed by atoms with E-state index in [0.29, 0.717) is 43.1 Å². The fraction of sp³-hybridized carbons (Fsp3) is 0.348. The highest BCUT2D eigenvalue weighted by Crippen LogP contribution is 2.29. The van der Waals surface area contributed by atoms with Crippen molar-refractivity contribution in [2.75, 3.05) is 25.5 Å². The molecule has 7 nitrogen and oxygen atoms in total. The monoisotopic (exact) mass is 406 g/mol. The number of benzene rings is 2. The minimum absolute atomic E-state index is 0.146. The van der Waals surface area contributed by atoms with E-state index in [1.54, 1.807) is 18.1 Å². The molecule has 1 spiro atoms. The fourth-order valence-corrected chi connectivity index (χ4v) is 3.87. The number of anilines is 1. The molecule has 2 heterocycles. The van der Waals surface area contributed by atoms with Crippen LogP contribution in [0.3, 0.4) is 0 Å². The van der Waals surface area contributed by atoms with Gasteiger partial charge in [0.25, 0.3) is 5.91 Å². The number of carbonyl (C=O) groups excluding carboxylic acids is 2. The number of urea groups is 1. The Kier molecular flexibility index (Phi) is 5.20. The molecule has 4 rings (SSSR count). The maximum absolute atomic E-state index is 12.6. The average Bonchev–Trinajstić information content (AvgIpc) is 3.06. The van der Waals surface area contributed by atoms with Crippen LogP contribution in [0.4, 0.5) is 10.5 Å². The molecule has 1 saturated heterocycles. The number of methoxy groups -OCH3 is 1. The van der Waals surface area contributed by atoms with Crippen molar-refractivity contribution in [2.24, 2.45) is 4.99 Å². The predicted octanol–water partition coefficient (Wildman–Crippen LogP) is 3.26. The van der Waals surface area contributed by atoms with Gasteiger partial charge in [-0.3, -0.25) is 9.79 Å². The maximum Gasteiger partial charge on any atom is 0.321 e. The molecule has 0 bridgehead atoms. The highest BCUT2D eigenvalue weighted by Gasteiger charge is 2.42. The van der Waals surface area contributed by atoms with E-state index < -0.39 is 5.66 Å². The van der Waals surface area contributed by atoms with Gasteiger partial charge in [-0.05, 0) is 43.2 Å². The Hall–Kier alpha value is -3.35. The number of nitrogens with one attached hydrogen (secondary N) is 2. The normalized spacial score (nSPS) is 17.5. The van der Waals surface area contributed by atoms with Crippen LogP contribution in [-0.2, 0) is 4.79 Å². The van der Waals surface area contributed by atoms with Gasteiger partial charge >= 0.3 is 6.03 Å². The van der Waals surface area contributed by atoms with E-state index in [2.05, 4.69) is 10.6 Å². The summed E-state index contributed by atoms with van der Waals surface area (Å²) in [6.45, 7) is 5.10. The summed E-state index contributed by atoms with van der Waals surface area (Å²) in [6, 6.07) is 13.0. The third-order valence-electron chi connectivity index (χ3n) is 5.87. The Bertz CT molecular complexity index is 1020. The summed E-state index contributed by atoms with van der Waals surface area (Å²) in [5, 5.41) is 5.96. The van der Waals surface area contributed by atoms with Crippen molar-refractivity contribution >= 4 is 23.3 Å². The highest BCUT2D eigenvalue weighted by atomic mass is 16.5. The van der Waals surface area contributed by atoms with Crippen LogP contribution in [0.2, 0.25) is 0 Å². The third-order valence-corrected chi connectivity index (χ3v) is 5.87. The van der Waals surface area contributed by atoms with Crippen LogP contribution in [0.15, 0.2) is 47.5 Å². The van der Waals surface area contributed by atoms with Crippen molar-refractivity contribution in [3.63, 3.8) is 0 Å². The molecule has 30 heavy (non-hydrogen) atoms. The first-order chi connectivity index (χ1) is 14.4. The van der Waals surface area contributed by atoms with Gasteiger partial charge in [-0.25, -0.2) is 4.79 Å². The molecular formula is C23H26N4O3. The van der Waals surface area contributed by atoms with Gasteiger partial charge in [0, 0.05) is 43.2 Å². The molecule has 2 aliphatic heterocycles. The quantitative estimate of drug-likeness (QED) is 0.821. The van der Waals surface area contributed by atoms with E-state index in [4.69, 9.17) is 9.73 Å². The van der Waals surface area contributed by atoms with E-state index >= 15 is 0 Å². The number of rotatable bonds is 3. The minimum Gasteiger partial charge on any atom is -0.497 e. The topological polar surface area (TPSA) is 83.0 Å². The molecule has 7 heteroatoms. The molecule has 2 aliphatic rings. The van der Waals surface area contributed by atoms with Gasteiger partial charge in [0.05, 0.1) is 7.11 Å². The van der Waals surface area contributed by atoms with Crippen molar-refractivity contribution < 1.29 is 14.3 Å². The van der Waals surface area contributed by atoms with E-state index in [0.717, 1.165) is 11.1 Å². The molecule has 1 fully saturated rings. The molecule has 2 N–H and O–H groups in total. The van der Waals surface area contributed by atoms with Gasteiger partial charge in [0.2, 0.25) is 0 Å². The van der Waals surface area contributed by atoms with Gasteiger partial charge in [-0.2, -0.15) is 0 Å². The first-order valence-corrected chi connectivity index (χ1v) is 10.1. The Morgan fingerprint density at radius 2 is 1.90 bits per heavy atom. The van der Waals surface area contributed by atoms with Gasteiger partial charge < -0.3 is 20.3 Å². The molecule has 0 aliphatic carbocycles. The summed E-state index contributed by atoms with van der Waals surface area (Å²) in [6.07, 6.45) is 1.16. The van der Waals surface area contributed by atoms with Crippen LogP contribution in [0.5, 0.6) is 5.75 Å². The van der Waals surface area contributed by atoms with E-state index in [1.165, 1.54) is 5.56 Å². The number of hydrogen-bond acceptors (Lipinski definition) is 4. The van der Waals surface area contributed by atoms with Crippen molar-refractivity contribution in [1.82, 2.24) is 10.2 Å². The first kappa shape index (κ1) is 19.9.